The van der Waals surface area contributed by atoms with Crippen LogP contribution in [0.3, 0.4) is 0 Å². The molecule has 1 aromatic carbocycles. The Morgan fingerprint density at radius 3 is 2.35 bits per heavy atom. The van der Waals surface area contributed by atoms with Crippen LogP contribution in [0.2, 0.25) is 0 Å². The quantitative estimate of drug-likeness (QED) is 0.795. The maximum Gasteiger partial charge on any atom is 0.294 e. The number of aryl methyl sites for hydroxylation is 1. The Labute approximate surface area is 102 Å². The predicted octanol–water partition coefficient (Wildman–Crippen LogP) is 1.05. The predicted molar refractivity (Wildman–Crippen MR) is 64.6 cm³/mol. The molecule has 1 atom stereocenters. The Morgan fingerprint density at radius 2 is 1.88 bits per heavy atom. The van der Waals surface area contributed by atoms with Gasteiger partial charge in [0, 0.05) is 0 Å². The van der Waals surface area contributed by atoms with Crippen LogP contribution in [0.4, 0.5) is 10.5 Å². The lowest BCUT2D eigenvalue weighted by Crippen LogP contribution is -2.37. The second kappa shape index (κ2) is 4.21. The summed E-state index contributed by atoms with van der Waals surface area (Å²) in [5.41, 5.74) is 6.54. The number of imide groups is 1. The summed E-state index contributed by atoms with van der Waals surface area (Å²) in [6, 6.07) is 6.90. The zero-order valence-electron chi connectivity index (χ0n) is 9.04. The first-order valence-electron chi connectivity index (χ1n) is 4.91. The van der Waals surface area contributed by atoms with E-state index in [4.69, 9.17) is 5.73 Å². The number of anilines is 1. The van der Waals surface area contributed by atoms with Crippen molar-refractivity contribution in [3.63, 3.8) is 0 Å². The molecule has 1 heterocycles. The van der Waals surface area contributed by atoms with Crippen molar-refractivity contribution in [2.45, 2.75) is 12.2 Å². The lowest BCUT2D eigenvalue weighted by molar-refractivity contribution is -0.124. The molecule has 5 nitrogen and oxygen atoms in total. The molecule has 17 heavy (non-hydrogen) atoms. The number of nitrogens with zero attached hydrogens (tertiary/aromatic N) is 1. The van der Waals surface area contributed by atoms with Gasteiger partial charge in [-0.15, -0.1) is 0 Å². The minimum atomic E-state index is -1.11. The molecule has 1 fully saturated rings. The second-order valence-corrected chi connectivity index (χ2v) is 4.73. The van der Waals surface area contributed by atoms with Gasteiger partial charge in [-0.2, -0.15) is 0 Å². The number of amides is 3. The van der Waals surface area contributed by atoms with Crippen LogP contribution in [0, 0.1) is 6.92 Å². The molecule has 3 amide bonds. The fourth-order valence-corrected chi connectivity index (χ4v) is 2.34. The highest BCUT2D eigenvalue weighted by atomic mass is 32.2. The molecule has 0 spiro atoms. The van der Waals surface area contributed by atoms with Gasteiger partial charge in [-0.25, -0.2) is 4.90 Å². The second-order valence-electron chi connectivity index (χ2n) is 3.68. The van der Waals surface area contributed by atoms with E-state index in [1.54, 1.807) is 24.3 Å². The van der Waals surface area contributed by atoms with E-state index in [-0.39, 0.29) is 0 Å². The highest BCUT2D eigenvalue weighted by Gasteiger charge is 2.43. The van der Waals surface area contributed by atoms with E-state index in [1.807, 2.05) is 6.92 Å². The molecular formula is C11H10N2O3S. The van der Waals surface area contributed by atoms with E-state index in [1.165, 1.54) is 0 Å². The van der Waals surface area contributed by atoms with Crippen LogP contribution in [0.15, 0.2) is 24.3 Å². The van der Waals surface area contributed by atoms with Gasteiger partial charge in [0.25, 0.3) is 11.1 Å². The summed E-state index contributed by atoms with van der Waals surface area (Å²) < 4.78 is 0. The fourth-order valence-electron chi connectivity index (χ4n) is 1.52. The van der Waals surface area contributed by atoms with Gasteiger partial charge in [0.2, 0.25) is 5.91 Å². The first-order valence-corrected chi connectivity index (χ1v) is 5.79. The van der Waals surface area contributed by atoms with Crippen molar-refractivity contribution in [2.75, 3.05) is 4.90 Å². The van der Waals surface area contributed by atoms with Crippen LogP contribution in [0.1, 0.15) is 5.56 Å². The van der Waals surface area contributed by atoms with Crippen molar-refractivity contribution in [3.05, 3.63) is 29.8 Å². The van der Waals surface area contributed by atoms with Crippen molar-refractivity contribution in [3.8, 4) is 0 Å². The zero-order chi connectivity index (χ0) is 12.6. The third-order valence-corrected chi connectivity index (χ3v) is 3.45. The zero-order valence-corrected chi connectivity index (χ0v) is 9.86. The van der Waals surface area contributed by atoms with Crippen molar-refractivity contribution in [2.24, 2.45) is 5.73 Å². The molecule has 1 aliphatic heterocycles. The monoisotopic (exact) mass is 250 g/mol. The number of primary amides is 1. The van der Waals surface area contributed by atoms with Crippen molar-refractivity contribution in [1.29, 1.82) is 0 Å². The number of hydrogen-bond acceptors (Lipinski definition) is 4. The Kier molecular flexibility index (Phi) is 2.89. The molecule has 0 aromatic heterocycles. The molecule has 1 aromatic rings. The lowest BCUT2D eigenvalue weighted by atomic mass is 10.2. The fraction of sp³-hybridized carbons (Fsp3) is 0.182. The Balaban J connectivity index is 2.33. The standard InChI is InChI=1S/C11H10N2O3S/c1-6-2-4-7(5-3-6)13-10(15)8(9(12)14)17-11(13)16/h2-5,8H,1H3,(H2,12,14)/t8-/m0/s1. The minimum absolute atomic E-state index is 0.460. The molecule has 0 saturated carbocycles. The van der Waals surface area contributed by atoms with Gasteiger partial charge >= 0.3 is 0 Å². The molecule has 88 valence electrons. The summed E-state index contributed by atoms with van der Waals surface area (Å²) >= 11 is 0.652. The summed E-state index contributed by atoms with van der Waals surface area (Å²) in [6.07, 6.45) is 0. The van der Waals surface area contributed by atoms with E-state index in [2.05, 4.69) is 0 Å². The number of benzene rings is 1. The van der Waals surface area contributed by atoms with E-state index in [9.17, 15) is 14.4 Å². The molecule has 1 aliphatic rings. The Bertz CT molecular complexity index is 498. The molecule has 0 aliphatic carbocycles. The Hall–Kier alpha value is -1.82. The van der Waals surface area contributed by atoms with Crippen LogP contribution >= 0.6 is 11.8 Å². The lowest BCUT2D eigenvalue weighted by Gasteiger charge is -2.13. The summed E-state index contributed by atoms with van der Waals surface area (Å²) in [6.45, 7) is 1.90. The van der Waals surface area contributed by atoms with Crippen LogP contribution in [-0.4, -0.2) is 22.3 Å². The average molecular weight is 250 g/mol. The number of carbonyl (C=O) groups excluding carboxylic acids is 3. The molecule has 0 radical (unpaired) electrons. The molecule has 2 rings (SSSR count). The van der Waals surface area contributed by atoms with E-state index in [0.29, 0.717) is 17.4 Å². The number of hydrogen-bond donors (Lipinski definition) is 1. The van der Waals surface area contributed by atoms with E-state index < -0.39 is 22.3 Å². The van der Waals surface area contributed by atoms with Gasteiger partial charge in [0.1, 0.15) is 0 Å². The first-order chi connectivity index (χ1) is 8.00. The molecular weight excluding hydrogens is 240 g/mol. The maximum absolute atomic E-state index is 11.8. The van der Waals surface area contributed by atoms with Crippen LogP contribution in [-0.2, 0) is 9.59 Å². The van der Waals surface area contributed by atoms with Crippen LogP contribution < -0.4 is 10.6 Å². The van der Waals surface area contributed by atoms with Gasteiger partial charge in [-0.05, 0) is 30.8 Å². The third kappa shape index (κ3) is 2.03. The SMILES string of the molecule is Cc1ccc(N2C(=O)S[C@@H](C(N)=O)C2=O)cc1. The number of nitrogens with two attached hydrogens (primary N) is 1. The van der Waals surface area contributed by atoms with Crippen LogP contribution in [0.5, 0.6) is 0 Å². The highest BCUT2D eigenvalue weighted by Crippen LogP contribution is 2.31. The molecule has 0 unspecified atom stereocenters. The third-order valence-electron chi connectivity index (χ3n) is 2.40. The molecule has 2 N–H and O–H groups in total. The van der Waals surface area contributed by atoms with Gasteiger partial charge in [0.05, 0.1) is 5.69 Å². The number of carbonyl (C=O) groups is 3. The average Bonchev–Trinajstić information content (AvgIpc) is 2.56. The topological polar surface area (TPSA) is 80.5 Å². The Morgan fingerprint density at radius 1 is 1.29 bits per heavy atom. The van der Waals surface area contributed by atoms with Crippen LogP contribution in [0.25, 0.3) is 0 Å². The van der Waals surface area contributed by atoms with E-state index in [0.717, 1.165) is 10.5 Å². The molecule has 6 heteroatoms. The van der Waals surface area contributed by atoms with Gasteiger partial charge in [-0.1, -0.05) is 17.7 Å². The van der Waals surface area contributed by atoms with Gasteiger partial charge in [-0.3, -0.25) is 14.4 Å². The van der Waals surface area contributed by atoms with Gasteiger partial charge in [0.15, 0.2) is 5.25 Å². The van der Waals surface area contributed by atoms with Gasteiger partial charge < -0.3 is 5.73 Å². The number of thioether (sulfide) groups is 1. The normalized spacial score (nSPS) is 19.8. The van der Waals surface area contributed by atoms with Crippen molar-refractivity contribution in [1.82, 2.24) is 0 Å². The summed E-state index contributed by atoms with van der Waals surface area (Å²) in [5, 5.41) is -1.58. The smallest absolute Gasteiger partial charge is 0.294 e. The van der Waals surface area contributed by atoms with Crippen molar-refractivity contribution < 1.29 is 14.4 Å². The largest absolute Gasteiger partial charge is 0.368 e. The maximum atomic E-state index is 11.8. The first kappa shape index (κ1) is 11.7. The molecule has 1 saturated heterocycles. The molecule has 0 bridgehead atoms. The highest BCUT2D eigenvalue weighted by molar-refractivity contribution is 8.16. The summed E-state index contributed by atoms with van der Waals surface area (Å²) in [4.78, 5) is 35.4. The summed E-state index contributed by atoms with van der Waals surface area (Å²) in [7, 11) is 0. The van der Waals surface area contributed by atoms with E-state index >= 15 is 0 Å². The minimum Gasteiger partial charge on any atom is -0.368 e. The summed E-state index contributed by atoms with van der Waals surface area (Å²) in [5.74, 6) is -1.36. The number of rotatable bonds is 2. The van der Waals surface area contributed by atoms with Crippen molar-refractivity contribution >= 4 is 34.5 Å².